The Hall–Kier alpha value is -0.730. The number of rotatable bonds is 7. The van der Waals surface area contributed by atoms with Gasteiger partial charge in [0.2, 0.25) is 0 Å². The van der Waals surface area contributed by atoms with Gasteiger partial charge in [0.05, 0.1) is 7.11 Å². The highest BCUT2D eigenvalue weighted by Crippen LogP contribution is 2.46. The van der Waals surface area contributed by atoms with Crippen molar-refractivity contribution >= 4 is 6.16 Å². The Bertz CT molecular complexity index is 478. The van der Waals surface area contributed by atoms with Crippen molar-refractivity contribution in [2.24, 2.45) is 29.6 Å². The smallest absolute Gasteiger partial charge is 0.438 e. The molecular weight excluding hydrogens is 360 g/mol. The molecule has 0 N–H and O–H groups in total. The molecule has 3 aliphatic rings. The molecule has 29 heavy (non-hydrogen) atoms. The molecule has 0 spiro atoms. The van der Waals surface area contributed by atoms with Crippen molar-refractivity contribution in [1.29, 1.82) is 0 Å². The van der Waals surface area contributed by atoms with Crippen molar-refractivity contribution in [2.45, 2.75) is 122 Å². The fourth-order valence-corrected chi connectivity index (χ4v) is 6.70. The van der Waals surface area contributed by atoms with Gasteiger partial charge in [0.15, 0.2) is 0 Å². The van der Waals surface area contributed by atoms with Gasteiger partial charge in [-0.3, -0.25) is 0 Å². The first kappa shape index (κ1) is 22.9. The number of methoxy groups -OCH3 is 1. The van der Waals surface area contributed by atoms with Crippen molar-refractivity contribution < 1.29 is 14.3 Å². The molecule has 0 bridgehead atoms. The third-order valence-corrected chi connectivity index (χ3v) is 8.81. The molecule has 0 aromatic heterocycles. The zero-order valence-electron chi connectivity index (χ0n) is 19.4. The molecule has 0 aliphatic heterocycles. The second-order valence-corrected chi connectivity index (χ2v) is 10.8. The van der Waals surface area contributed by atoms with Crippen LogP contribution in [-0.4, -0.2) is 18.9 Å². The van der Waals surface area contributed by atoms with Crippen LogP contribution in [0.5, 0.6) is 0 Å². The predicted octanol–water partition coefficient (Wildman–Crippen LogP) is 7.91. The highest BCUT2D eigenvalue weighted by molar-refractivity contribution is 5.60. The molecule has 3 saturated carbocycles. The van der Waals surface area contributed by atoms with E-state index in [0.29, 0.717) is 0 Å². The van der Waals surface area contributed by atoms with Crippen molar-refractivity contribution in [3.63, 3.8) is 0 Å². The van der Waals surface area contributed by atoms with Crippen LogP contribution in [-0.2, 0) is 9.47 Å². The summed E-state index contributed by atoms with van der Waals surface area (Å²) in [5, 5.41) is 0. The fourth-order valence-electron chi connectivity index (χ4n) is 6.70. The molecule has 3 nitrogen and oxygen atoms in total. The molecule has 168 valence electrons. The van der Waals surface area contributed by atoms with Crippen LogP contribution >= 0.6 is 0 Å². The van der Waals surface area contributed by atoms with Crippen LogP contribution in [0.2, 0.25) is 0 Å². The van der Waals surface area contributed by atoms with Gasteiger partial charge in [-0.1, -0.05) is 65.2 Å². The summed E-state index contributed by atoms with van der Waals surface area (Å²) in [7, 11) is 1.44. The van der Waals surface area contributed by atoms with Gasteiger partial charge in [0.25, 0.3) is 0 Å². The maximum absolute atomic E-state index is 12.0. The van der Waals surface area contributed by atoms with Crippen molar-refractivity contribution in [3.8, 4) is 0 Å². The minimum absolute atomic E-state index is 0.258. The Morgan fingerprint density at radius 2 is 1.38 bits per heavy atom. The van der Waals surface area contributed by atoms with Gasteiger partial charge < -0.3 is 9.47 Å². The minimum Gasteiger partial charge on any atom is -0.438 e. The van der Waals surface area contributed by atoms with Crippen LogP contribution in [0.25, 0.3) is 0 Å². The van der Waals surface area contributed by atoms with E-state index >= 15 is 0 Å². The third-order valence-electron chi connectivity index (χ3n) is 8.81. The van der Waals surface area contributed by atoms with E-state index in [-0.39, 0.29) is 5.60 Å². The monoisotopic (exact) mass is 406 g/mol. The van der Waals surface area contributed by atoms with Crippen LogP contribution in [0.1, 0.15) is 117 Å². The van der Waals surface area contributed by atoms with Gasteiger partial charge >= 0.3 is 6.16 Å². The summed E-state index contributed by atoms with van der Waals surface area (Å²) in [6, 6.07) is 0. The number of hydrogen-bond acceptors (Lipinski definition) is 3. The Balaban J connectivity index is 1.50. The van der Waals surface area contributed by atoms with Gasteiger partial charge in [-0.05, 0) is 81.0 Å². The molecule has 0 atom stereocenters. The fraction of sp³-hybridized carbons (Fsp3) is 0.962. The third kappa shape index (κ3) is 6.62. The lowest BCUT2D eigenvalue weighted by Crippen LogP contribution is -2.41. The summed E-state index contributed by atoms with van der Waals surface area (Å²) >= 11 is 0. The summed E-state index contributed by atoms with van der Waals surface area (Å²) in [6.07, 6.45) is 20.3. The molecule has 3 fully saturated rings. The highest BCUT2D eigenvalue weighted by Gasteiger charge is 2.41. The molecule has 0 aromatic rings. The molecule has 3 aliphatic carbocycles. The Labute approximate surface area is 179 Å². The lowest BCUT2D eigenvalue weighted by Gasteiger charge is -2.43. The molecule has 0 unspecified atom stereocenters. The van der Waals surface area contributed by atoms with Gasteiger partial charge in [0.1, 0.15) is 5.60 Å². The largest absolute Gasteiger partial charge is 0.508 e. The highest BCUT2D eigenvalue weighted by atomic mass is 16.7. The second-order valence-electron chi connectivity index (χ2n) is 10.8. The Morgan fingerprint density at radius 3 is 1.93 bits per heavy atom. The van der Waals surface area contributed by atoms with E-state index in [4.69, 9.17) is 9.47 Å². The van der Waals surface area contributed by atoms with E-state index in [0.717, 1.165) is 48.9 Å². The minimum atomic E-state index is -0.471. The van der Waals surface area contributed by atoms with Crippen LogP contribution in [0.3, 0.4) is 0 Å². The van der Waals surface area contributed by atoms with E-state index < -0.39 is 6.16 Å². The summed E-state index contributed by atoms with van der Waals surface area (Å²) < 4.78 is 10.9. The van der Waals surface area contributed by atoms with E-state index in [1.807, 2.05) is 0 Å². The molecule has 3 rings (SSSR count). The number of ether oxygens (including phenoxy) is 2. The van der Waals surface area contributed by atoms with E-state index in [2.05, 4.69) is 13.8 Å². The van der Waals surface area contributed by atoms with Crippen LogP contribution in [0.15, 0.2) is 0 Å². The lowest BCUT2D eigenvalue weighted by molar-refractivity contribution is -0.0700. The van der Waals surface area contributed by atoms with Gasteiger partial charge in [-0.15, -0.1) is 0 Å². The van der Waals surface area contributed by atoms with Crippen LogP contribution < -0.4 is 0 Å². The molecule has 0 saturated heterocycles. The molecule has 0 amide bonds. The summed E-state index contributed by atoms with van der Waals surface area (Å²) in [5.41, 5.74) is -0.258. The molecular formula is C26H46O3. The van der Waals surface area contributed by atoms with E-state index in [9.17, 15) is 4.79 Å². The zero-order chi connectivity index (χ0) is 20.7. The first-order valence-electron chi connectivity index (χ1n) is 12.8. The van der Waals surface area contributed by atoms with E-state index in [1.165, 1.54) is 90.6 Å². The molecule has 3 heteroatoms. The van der Waals surface area contributed by atoms with Crippen LogP contribution in [0, 0.1) is 29.6 Å². The standard InChI is InChI=1S/C26H46O3/c1-4-5-21-8-10-22(11-9-21)14-17-26(29-25(27)28-3)18-15-24(16-19-26)23-12-6-20(2)7-13-23/h20-24H,4-19H2,1-3H3/t20?,21-,22-,23?,24?,26?. The summed E-state index contributed by atoms with van der Waals surface area (Å²) in [4.78, 5) is 12.0. The average Bonchev–Trinajstić information content (AvgIpc) is 2.75. The Kier molecular flexibility index (Phi) is 8.74. The Morgan fingerprint density at radius 1 is 0.828 bits per heavy atom. The zero-order valence-corrected chi connectivity index (χ0v) is 19.4. The maximum atomic E-state index is 12.0. The van der Waals surface area contributed by atoms with Gasteiger partial charge in [-0.2, -0.15) is 0 Å². The maximum Gasteiger partial charge on any atom is 0.508 e. The van der Waals surface area contributed by atoms with Crippen LogP contribution in [0.4, 0.5) is 4.79 Å². The van der Waals surface area contributed by atoms with E-state index in [1.54, 1.807) is 0 Å². The van der Waals surface area contributed by atoms with Crippen molar-refractivity contribution in [2.75, 3.05) is 7.11 Å². The SMILES string of the molecule is CCC[C@H]1CC[C@H](CCC2(OC(=O)OC)CCC(C3CCC(C)CC3)CC2)CC1. The first-order chi connectivity index (χ1) is 14.0. The van der Waals surface area contributed by atoms with Gasteiger partial charge in [-0.25, -0.2) is 4.79 Å². The van der Waals surface area contributed by atoms with Crippen molar-refractivity contribution in [3.05, 3.63) is 0 Å². The number of carbonyl (C=O) groups excluding carboxylic acids is 1. The topological polar surface area (TPSA) is 35.5 Å². The predicted molar refractivity (Wildman–Crippen MR) is 119 cm³/mol. The molecule has 0 radical (unpaired) electrons. The molecule has 0 heterocycles. The first-order valence-corrected chi connectivity index (χ1v) is 12.8. The summed E-state index contributed by atoms with van der Waals surface area (Å²) in [5.74, 6) is 4.48. The quantitative estimate of drug-likeness (QED) is 0.403. The van der Waals surface area contributed by atoms with Crippen molar-refractivity contribution in [1.82, 2.24) is 0 Å². The lowest BCUT2D eigenvalue weighted by atomic mass is 9.67. The average molecular weight is 407 g/mol. The van der Waals surface area contributed by atoms with Gasteiger partial charge in [0, 0.05) is 0 Å². The second kappa shape index (κ2) is 11.0. The number of carbonyl (C=O) groups is 1. The molecule has 0 aromatic carbocycles. The summed E-state index contributed by atoms with van der Waals surface area (Å²) in [6.45, 7) is 4.71. The normalized spacial score (nSPS) is 38.4. The number of hydrogen-bond donors (Lipinski definition) is 0.